The van der Waals surface area contributed by atoms with Crippen LogP contribution in [0.3, 0.4) is 0 Å². The highest BCUT2D eigenvalue weighted by Gasteiger charge is 2.03. The van der Waals surface area contributed by atoms with Gasteiger partial charge in [-0.05, 0) is 0 Å². The van der Waals surface area contributed by atoms with Gasteiger partial charge in [-0.3, -0.25) is 0 Å². The van der Waals surface area contributed by atoms with Gasteiger partial charge in [0.1, 0.15) is 5.03 Å². The molecule has 0 fully saturated rings. The van der Waals surface area contributed by atoms with Crippen molar-refractivity contribution in [1.29, 1.82) is 0 Å². The van der Waals surface area contributed by atoms with E-state index in [-0.39, 0.29) is 0 Å². The molecule has 0 aliphatic carbocycles. The van der Waals surface area contributed by atoms with Crippen molar-refractivity contribution in [3.63, 3.8) is 0 Å². The third kappa shape index (κ3) is 2.18. The maximum atomic E-state index is 5.63. The van der Waals surface area contributed by atoms with Crippen molar-refractivity contribution in [3.8, 4) is 0 Å². The molecule has 0 radical (unpaired) electrons. The average molecular weight is 225 g/mol. The molecule has 0 aromatic carbocycles. The predicted octanol–water partition coefficient (Wildman–Crippen LogP) is 1.20. The summed E-state index contributed by atoms with van der Waals surface area (Å²) < 4.78 is 7.99. The second-order valence-corrected chi connectivity index (χ2v) is 3.95. The number of thioether (sulfide) groups is 1. The van der Waals surface area contributed by atoms with Crippen LogP contribution in [-0.2, 0) is 5.75 Å². The highest BCUT2D eigenvalue weighted by molar-refractivity contribution is 7.98. The predicted molar refractivity (Wildman–Crippen MR) is 55.9 cm³/mol. The van der Waals surface area contributed by atoms with E-state index < -0.39 is 0 Å². The van der Waals surface area contributed by atoms with Crippen molar-refractivity contribution in [2.45, 2.75) is 10.8 Å². The van der Waals surface area contributed by atoms with E-state index in [1.54, 1.807) is 18.6 Å². The molecule has 0 saturated carbocycles. The summed E-state index contributed by atoms with van der Waals surface area (Å²) in [5.74, 6) is 1.18. The molecule has 2 heterocycles. The molecule has 0 unspecified atom stereocenters. The lowest BCUT2D eigenvalue weighted by molar-refractivity contribution is 1.07. The van der Waals surface area contributed by atoms with Crippen molar-refractivity contribution in [3.05, 3.63) is 24.3 Å². The molecule has 14 heavy (non-hydrogen) atoms. The molecule has 2 aromatic heterocycles. The second kappa shape index (κ2) is 4.34. The lowest BCUT2D eigenvalue weighted by atomic mass is 10.6. The van der Waals surface area contributed by atoms with Gasteiger partial charge in [0.05, 0.1) is 23.6 Å². The summed E-state index contributed by atoms with van der Waals surface area (Å²) in [7, 11) is 0. The van der Waals surface area contributed by atoms with E-state index in [1.807, 2.05) is 0 Å². The molecule has 0 amide bonds. The third-order valence-corrected chi connectivity index (χ3v) is 3.00. The SMILES string of the molecule is Nc1nccnc1SCc1cnsn1. The van der Waals surface area contributed by atoms with Gasteiger partial charge in [-0.25, -0.2) is 9.97 Å². The summed E-state index contributed by atoms with van der Waals surface area (Å²) >= 11 is 2.71. The Balaban J connectivity index is 2.02. The Labute approximate surface area is 89.1 Å². The Bertz CT molecular complexity index is 402. The average Bonchev–Trinajstić information content (AvgIpc) is 2.69. The lowest BCUT2D eigenvalue weighted by Crippen LogP contribution is -1.94. The number of rotatable bonds is 3. The zero-order valence-electron chi connectivity index (χ0n) is 7.12. The molecule has 0 aliphatic rings. The standard InChI is InChI=1S/C7H7N5S2/c8-6-7(10-2-1-9-6)13-4-5-3-11-14-12-5/h1-3H,4H2,(H2,8,9). The van der Waals surface area contributed by atoms with Crippen molar-refractivity contribution >= 4 is 29.3 Å². The Morgan fingerprint density at radius 2 is 2.21 bits per heavy atom. The van der Waals surface area contributed by atoms with Gasteiger partial charge in [-0.15, -0.1) is 0 Å². The first-order chi connectivity index (χ1) is 6.86. The van der Waals surface area contributed by atoms with Crippen LogP contribution in [0, 0.1) is 0 Å². The van der Waals surface area contributed by atoms with Crippen LogP contribution in [0.15, 0.2) is 23.6 Å². The number of anilines is 1. The summed E-state index contributed by atoms with van der Waals surface area (Å²) in [5.41, 5.74) is 6.57. The first-order valence-corrected chi connectivity index (χ1v) is 5.53. The summed E-state index contributed by atoms with van der Waals surface area (Å²) in [6.45, 7) is 0. The second-order valence-electron chi connectivity index (χ2n) is 2.43. The molecule has 2 rings (SSSR count). The van der Waals surface area contributed by atoms with Crippen LogP contribution in [0.2, 0.25) is 0 Å². The number of hydrogen-bond acceptors (Lipinski definition) is 7. The van der Waals surface area contributed by atoms with E-state index in [9.17, 15) is 0 Å². The molecule has 0 atom stereocenters. The molecule has 0 saturated heterocycles. The smallest absolute Gasteiger partial charge is 0.156 e. The minimum atomic E-state index is 0.459. The summed E-state index contributed by atoms with van der Waals surface area (Å²) in [6.07, 6.45) is 4.94. The Hall–Kier alpha value is -1.21. The van der Waals surface area contributed by atoms with Crippen LogP contribution in [0.25, 0.3) is 0 Å². The first kappa shape index (κ1) is 9.35. The lowest BCUT2D eigenvalue weighted by Gasteiger charge is -1.99. The molecular formula is C7H7N5S2. The minimum absolute atomic E-state index is 0.459. The summed E-state index contributed by atoms with van der Waals surface area (Å²) in [5, 5.41) is 0.737. The van der Waals surface area contributed by atoms with E-state index >= 15 is 0 Å². The number of hydrogen-bond donors (Lipinski definition) is 1. The Morgan fingerprint density at radius 1 is 1.36 bits per heavy atom. The molecule has 2 aromatic rings. The minimum Gasteiger partial charge on any atom is -0.381 e. The van der Waals surface area contributed by atoms with Crippen LogP contribution in [0.4, 0.5) is 5.82 Å². The van der Waals surface area contributed by atoms with Crippen molar-refractivity contribution in [2.75, 3.05) is 5.73 Å². The van der Waals surface area contributed by atoms with E-state index in [1.165, 1.54) is 23.5 Å². The number of nitrogen functional groups attached to an aromatic ring is 1. The highest BCUT2D eigenvalue weighted by Crippen LogP contribution is 2.23. The Kier molecular flexibility index (Phi) is 2.90. The molecule has 0 spiro atoms. The fraction of sp³-hybridized carbons (Fsp3) is 0.143. The zero-order chi connectivity index (χ0) is 9.80. The highest BCUT2D eigenvalue weighted by atomic mass is 32.2. The van der Waals surface area contributed by atoms with Gasteiger partial charge >= 0.3 is 0 Å². The number of nitrogens with two attached hydrogens (primary N) is 1. The molecule has 2 N–H and O–H groups in total. The molecule has 5 nitrogen and oxygen atoms in total. The van der Waals surface area contributed by atoms with Crippen LogP contribution >= 0.6 is 23.5 Å². The third-order valence-electron chi connectivity index (χ3n) is 1.45. The van der Waals surface area contributed by atoms with Gasteiger partial charge in [-0.1, -0.05) is 11.8 Å². The molecular weight excluding hydrogens is 218 g/mol. The van der Waals surface area contributed by atoms with Gasteiger partial charge in [0.15, 0.2) is 5.82 Å². The van der Waals surface area contributed by atoms with Gasteiger partial charge in [0, 0.05) is 18.1 Å². The molecule has 0 bridgehead atoms. The molecule has 72 valence electrons. The number of aromatic nitrogens is 4. The first-order valence-electron chi connectivity index (χ1n) is 3.82. The van der Waals surface area contributed by atoms with Crippen molar-refractivity contribution < 1.29 is 0 Å². The fourth-order valence-corrected chi connectivity index (χ4v) is 2.11. The van der Waals surface area contributed by atoms with E-state index in [4.69, 9.17) is 5.73 Å². The van der Waals surface area contributed by atoms with Crippen molar-refractivity contribution in [1.82, 2.24) is 18.7 Å². The molecule has 7 heteroatoms. The maximum absolute atomic E-state index is 5.63. The summed E-state index contributed by atoms with van der Waals surface area (Å²) in [4.78, 5) is 8.05. The van der Waals surface area contributed by atoms with E-state index in [0.29, 0.717) is 5.82 Å². The van der Waals surface area contributed by atoms with Crippen LogP contribution in [-0.4, -0.2) is 18.7 Å². The van der Waals surface area contributed by atoms with Gasteiger partial charge in [0.25, 0.3) is 0 Å². The van der Waals surface area contributed by atoms with Gasteiger partial charge in [-0.2, -0.15) is 8.75 Å². The van der Waals surface area contributed by atoms with Gasteiger partial charge in [0.2, 0.25) is 0 Å². The fourth-order valence-electron chi connectivity index (χ4n) is 0.837. The normalized spacial score (nSPS) is 10.3. The largest absolute Gasteiger partial charge is 0.381 e. The van der Waals surface area contributed by atoms with Crippen molar-refractivity contribution in [2.24, 2.45) is 0 Å². The monoisotopic (exact) mass is 225 g/mol. The van der Waals surface area contributed by atoms with E-state index in [0.717, 1.165) is 16.5 Å². The van der Waals surface area contributed by atoms with Gasteiger partial charge < -0.3 is 5.73 Å². The Morgan fingerprint density at radius 3 is 2.93 bits per heavy atom. The van der Waals surface area contributed by atoms with Crippen LogP contribution in [0.1, 0.15) is 5.69 Å². The van der Waals surface area contributed by atoms with E-state index in [2.05, 4.69) is 18.7 Å². The summed E-state index contributed by atoms with van der Waals surface area (Å²) in [6, 6.07) is 0. The maximum Gasteiger partial charge on any atom is 0.156 e. The molecule has 0 aliphatic heterocycles. The topological polar surface area (TPSA) is 77.6 Å². The zero-order valence-corrected chi connectivity index (χ0v) is 8.75. The number of nitrogens with zero attached hydrogens (tertiary/aromatic N) is 4. The quantitative estimate of drug-likeness (QED) is 0.791. The van der Waals surface area contributed by atoms with Crippen LogP contribution in [0.5, 0.6) is 0 Å². The van der Waals surface area contributed by atoms with Crippen LogP contribution < -0.4 is 5.73 Å².